The molecule has 6 nitrogen and oxygen atoms in total. The smallest absolute Gasteiger partial charge is 0.352 e. The number of ether oxygens (including phenoxy) is 2. The second-order valence-electron chi connectivity index (χ2n) is 3.92. The molecule has 6 heteroatoms. The van der Waals surface area contributed by atoms with Crippen LogP contribution in [0.25, 0.3) is 10.9 Å². The van der Waals surface area contributed by atoms with E-state index in [4.69, 9.17) is 19.7 Å². The molecule has 0 amide bonds. The summed E-state index contributed by atoms with van der Waals surface area (Å²) < 4.78 is 10.5. The van der Waals surface area contributed by atoms with Crippen molar-refractivity contribution in [2.24, 2.45) is 0 Å². The lowest BCUT2D eigenvalue weighted by Crippen LogP contribution is -2.09. The van der Waals surface area contributed by atoms with Crippen LogP contribution < -0.4 is 4.74 Å². The quantitative estimate of drug-likeness (QED) is 0.655. The van der Waals surface area contributed by atoms with Gasteiger partial charge in [0.05, 0.1) is 19.8 Å². The Bertz CT molecular complexity index is 563. The molecular weight excluding hydrogens is 250 g/mol. The first-order chi connectivity index (χ1) is 9.20. The number of aromatic carboxylic acids is 1. The predicted molar refractivity (Wildman–Crippen MR) is 68.7 cm³/mol. The van der Waals surface area contributed by atoms with Crippen LogP contribution in [0.15, 0.2) is 24.3 Å². The predicted octanol–water partition coefficient (Wildman–Crippen LogP) is 1.25. The highest BCUT2D eigenvalue weighted by Gasteiger charge is 2.07. The molecule has 19 heavy (non-hydrogen) atoms. The van der Waals surface area contributed by atoms with E-state index >= 15 is 0 Å². The van der Waals surface area contributed by atoms with Gasteiger partial charge in [0.2, 0.25) is 0 Å². The molecule has 0 saturated carbocycles. The first kappa shape index (κ1) is 13.4. The minimum Gasteiger partial charge on any atom is -0.491 e. The van der Waals surface area contributed by atoms with E-state index in [2.05, 4.69) is 4.98 Å². The molecule has 1 heterocycles. The largest absolute Gasteiger partial charge is 0.491 e. The van der Waals surface area contributed by atoms with E-state index in [1.807, 2.05) is 0 Å². The molecule has 0 fully saturated rings. The first-order valence-corrected chi connectivity index (χ1v) is 5.88. The average Bonchev–Trinajstić information content (AvgIpc) is 2.82. The van der Waals surface area contributed by atoms with E-state index in [-0.39, 0.29) is 12.3 Å². The normalized spacial score (nSPS) is 10.8. The van der Waals surface area contributed by atoms with E-state index in [1.54, 1.807) is 24.3 Å². The molecule has 0 bridgehead atoms. The summed E-state index contributed by atoms with van der Waals surface area (Å²) in [6.45, 7) is 1.05. The van der Waals surface area contributed by atoms with Gasteiger partial charge in [0.15, 0.2) is 0 Å². The van der Waals surface area contributed by atoms with Crippen LogP contribution >= 0.6 is 0 Å². The number of carbonyl (C=O) groups is 1. The number of carboxylic acid groups (broad SMARTS) is 1. The Kier molecular flexibility index (Phi) is 4.38. The van der Waals surface area contributed by atoms with E-state index in [9.17, 15) is 4.79 Å². The number of aromatic amines is 1. The third-order valence-electron chi connectivity index (χ3n) is 2.56. The zero-order chi connectivity index (χ0) is 13.7. The highest BCUT2D eigenvalue weighted by molar-refractivity contribution is 5.94. The highest BCUT2D eigenvalue weighted by Crippen LogP contribution is 2.21. The summed E-state index contributed by atoms with van der Waals surface area (Å²) in [5.74, 6) is -0.352. The lowest BCUT2D eigenvalue weighted by atomic mass is 10.2. The number of H-pyrrole nitrogens is 1. The van der Waals surface area contributed by atoms with Crippen molar-refractivity contribution in [3.8, 4) is 5.75 Å². The van der Waals surface area contributed by atoms with Gasteiger partial charge >= 0.3 is 5.97 Å². The van der Waals surface area contributed by atoms with Crippen LogP contribution in [0.2, 0.25) is 0 Å². The Balaban J connectivity index is 1.98. The molecule has 1 aromatic heterocycles. The molecule has 2 rings (SSSR count). The summed E-state index contributed by atoms with van der Waals surface area (Å²) in [6.07, 6.45) is 0. The van der Waals surface area contributed by atoms with E-state index in [0.29, 0.717) is 31.1 Å². The van der Waals surface area contributed by atoms with E-state index in [0.717, 1.165) is 5.39 Å². The summed E-state index contributed by atoms with van der Waals surface area (Å²) in [5.41, 5.74) is 0.865. The van der Waals surface area contributed by atoms with Crippen LogP contribution in [-0.4, -0.2) is 47.6 Å². The third kappa shape index (κ3) is 3.46. The molecule has 0 saturated heterocycles. The second kappa shape index (κ2) is 6.21. The monoisotopic (exact) mass is 265 g/mol. The molecule has 1 aromatic carbocycles. The number of nitrogens with one attached hydrogen (secondary N) is 1. The molecule has 0 radical (unpaired) electrons. The average molecular weight is 265 g/mol. The standard InChI is InChI=1S/C13H15NO5/c15-3-4-18-5-6-19-10-2-1-9-7-12(13(16)17)14-11(9)8-10/h1-2,7-8,14-15H,3-6H2,(H,16,17). The number of carboxylic acids is 1. The van der Waals surface area contributed by atoms with Crippen molar-refractivity contribution in [2.45, 2.75) is 0 Å². The van der Waals surface area contributed by atoms with Gasteiger partial charge in [-0.1, -0.05) is 0 Å². The molecule has 0 unspecified atom stereocenters. The first-order valence-electron chi connectivity index (χ1n) is 5.88. The number of rotatable bonds is 7. The Labute approximate surface area is 109 Å². The van der Waals surface area contributed by atoms with Gasteiger partial charge in [-0.25, -0.2) is 4.79 Å². The summed E-state index contributed by atoms with van der Waals surface area (Å²) >= 11 is 0. The van der Waals surface area contributed by atoms with Gasteiger partial charge in [0.25, 0.3) is 0 Å². The van der Waals surface area contributed by atoms with Crippen LogP contribution in [0, 0.1) is 0 Å². The van der Waals surface area contributed by atoms with Gasteiger partial charge < -0.3 is 24.7 Å². The number of benzene rings is 1. The van der Waals surface area contributed by atoms with Gasteiger partial charge in [-0.2, -0.15) is 0 Å². The number of hydrogen-bond donors (Lipinski definition) is 3. The Morgan fingerprint density at radius 3 is 2.79 bits per heavy atom. The van der Waals surface area contributed by atoms with Crippen molar-refractivity contribution in [1.29, 1.82) is 0 Å². The van der Waals surface area contributed by atoms with Crippen molar-refractivity contribution < 1.29 is 24.5 Å². The Hall–Kier alpha value is -2.05. The molecule has 0 atom stereocenters. The fourth-order valence-electron chi connectivity index (χ4n) is 1.70. The molecular formula is C13H15NO5. The molecule has 3 N–H and O–H groups in total. The van der Waals surface area contributed by atoms with Crippen molar-refractivity contribution >= 4 is 16.9 Å². The number of fused-ring (bicyclic) bond motifs is 1. The molecule has 0 aliphatic carbocycles. The number of aromatic nitrogens is 1. The molecule has 0 spiro atoms. The van der Waals surface area contributed by atoms with Gasteiger partial charge in [0, 0.05) is 17.0 Å². The van der Waals surface area contributed by atoms with E-state index in [1.165, 1.54) is 0 Å². The molecule has 102 valence electrons. The van der Waals surface area contributed by atoms with Crippen LogP contribution in [0.4, 0.5) is 0 Å². The number of aliphatic hydroxyl groups excluding tert-OH is 1. The molecule has 0 aliphatic heterocycles. The summed E-state index contributed by atoms with van der Waals surface area (Å²) in [7, 11) is 0. The summed E-state index contributed by atoms with van der Waals surface area (Å²) in [5, 5.41) is 18.2. The van der Waals surface area contributed by atoms with Crippen molar-refractivity contribution in [2.75, 3.05) is 26.4 Å². The minimum absolute atomic E-state index is 0.00754. The van der Waals surface area contributed by atoms with Crippen LogP contribution in [0.3, 0.4) is 0 Å². The lowest BCUT2D eigenvalue weighted by Gasteiger charge is -2.06. The van der Waals surface area contributed by atoms with Gasteiger partial charge in [-0.15, -0.1) is 0 Å². The molecule has 0 aliphatic rings. The number of hydrogen-bond acceptors (Lipinski definition) is 4. The maximum absolute atomic E-state index is 10.8. The summed E-state index contributed by atoms with van der Waals surface area (Å²) in [6, 6.07) is 6.88. The Morgan fingerprint density at radius 1 is 1.21 bits per heavy atom. The molecule has 2 aromatic rings. The fraction of sp³-hybridized carbons (Fsp3) is 0.308. The van der Waals surface area contributed by atoms with Crippen LogP contribution in [0.1, 0.15) is 10.5 Å². The maximum Gasteiger partial charge on any atom is 0.352 e. The summed E-state index contributed by atoms with van der Waals surface area (Å²) in [4.78, 5) is 13.6. The fourth-order valence-corrected chi connectivity index (χ4v) is 1.70. The zero-order valence-corrected chi connectivity index (χ0v) is 10.3. The number of aliphatic hydroxyl groups is 1. The van der Waals surface area contributed by atoms with E-state index < -0.39 is 5.97 Å². The Morgan fingerprint density at radius 2 is 2.05 bits per heavy atom. The minimum atomic E-state index is -0.990. The van der Waals surface area contributed by atoms with Gasteiger partial charge in [-0.3, -0.25) is 0 Å². The van der Waals surface area contributed by atoms with Crippen LogP contribution in [0.5, 0.6) is 5.75 Å². The maximum atomic E-state index is 10.8. The van der Waals surface area contributed by atoms with Crippen molar-refractivity contribution in [3.05, 3.63) is 30.0 Å². The van der Waals surface area contributed by atoms with Gasteiger partial charge in [-0.05, 0) is 18.2 Å². The topological polar surface area (TPSA) is 91.8 Å². The second-order valence-corrected chi connectivity index (χ2v) is 3.92. The third-order valence-corrected chi connectivity index (χ3v) is 2.56. The van der Waals surface area contributed by atoms with Crippen LogP contribution in [-0.2, 0) is 4.74 Å². The SMILES string of the molecule is O=C(O)c1cc2ccc(OCCOCCO)cc2[nH]1. The lowest BCUT2D eigenvalue weighted by molar-refractivity contribution is 0.0691. The van der Waals surface area contributed by atoms with Gasteiger partial charge in [0.1, 0.15) is 18.1 Å². The van der Waals surface area contributed by atoms with Crippen molar-refractivity contribution in [1.82, 2.24) is 4.98 Å². The highest BCUT2D eigenvalue weighted by atomic mass is 16.5. The zero-order valence-electron chi connectivity index (χ0n) is 10.3. The van der Waals surface area contributed by atoms with Crippen molar-refractivity contribution in [3.63, 3.8) is 0 Å².